The normalized spacial score (nSPS) is 12.5. The first kappa shape index (κ1) is 15.1. The maximum atomic E-state index is 4.94. The molecule has 0 atom stereocenters. The lowest BCUT2D eigenvalue weighted by Gasteiger charge is -2.25. The van der Waals surface area contributed by atoms with Crippen LogP contribution in [0.3, 0.4) is 0 Å². The standard InChI is InChI=1S/C18H28N2/c1-6-12-18(4,5)17-19-15-9-7-8-10-16(15)20(17)13-11-14(2)3/h7-10,14H,6,11-13H2,1-5H3. The molecule has 1 aromatic carbocycles. The Labute approximate surface area is 123 Å². The van der Waals surface area contributed by atoms with E-state index in [2.05, 4.69) is 63.5 Å². The van der Waals surface area contributed by atoms with Crippen LogP contribution in [0.15, 0.2) is 24.3 Å². The van der Waals surface area contributed by atoms with Gasteiger partial charge in [-0.05, 0) is 30.9 Å². The minimum Gasteiger partial charge on any atom is -0.328 e. The van der Waals surface area contributed by atoms with Crippen molar-refractivity contribution in [3.63, 3.8) is 0 Å². The van der Waals surface area contributed by atoms with E-state index in [9.17, 15) is 0 Å². The van der Waals surface area contributed by atoms with Gasteiger partial charge in [0.25, 0.3) is 0 Å². The fourth-order valence-electron chi connectivity index (χ4n) is 2.94. The van der Waals surface area contributed by atoms with Crippen LogP contribution in [-0.4, -0.2) is 9.55 Å². The summed E-state index contributed by atoms with van der Waals surface area (Å²) < 4.78 is 2.45. The predicted octanol–water partition coefficient (Wildman–Crippen LogP) is 5.16. The van der Waals surface area contributed by atoms with Crippen molar-refractivity contribution in [1.29, 1.82) is 0 Å². The minimum absolute atomic E-state index is 0.144. The number of imidazole rings is 1. The Kier molecular flexibility index (Phi) is 4.52. The van der Waals surface area contributed by atoms with Gasteiger partial charge in [0.05, 0.1) is 11.0 Å². The molecule has 0 aliphatic heterocycles. The van der Waals surface area contributed by atoms with Crippen molar-refractivity contribution in [2.75, 3.05) is 0 Å². The second-order valence-corrected chi connectivity index (χ2v) is 6.89. The quantitative estimate of drug-likeness (QED) is 0.710. The van der Waals surface area contributed by atoms with Crippen molar-refractivity contribution >= 4 is 11.0 Å². The lowest BCUT2D eigenvalue weighted by molar-refractivity contribution is 0.410. The van der Waals surface area contributed by atoms with Gasteiger partial charge in [0.15, 0.2) is 0 Å². The molecule has 20 heavy (non-hydrogen) atoms. The van der Waals surface area contributed by atoms with Crippen molar-refractivity contribution in [1.82, 2.24) is 9.55 Å². The summed E-state index contributed by atoms with van der Waals surface area (Å²) in [5.41, 5.74) is 2.56. The smallest absolute Gasteiger partial charge is 0.115 e. The molecule has 1 aromatic heterocycles. The molecular weight excluding hydrogens is 244 g/mol. The second kappa shape index (κ2) is 5.99. The first-order chi connectivity index (χ1) is 9.45. The molecule has 110 valence electrons. The molecule has 0 saturated carbocycles. The van der Waals surface area contributed by atoms with E-state index in [4.69, 9.17) is 4.98 Å². The van der Waals surface area contributed by atoms with Gasteiger partial charge in [-0.2, -0.15) is 0 Å². The molecule has 0 spiro atoms. The molecule has 2 rings (SSSR count). The number of hydrogen-bond donors (Lipinski definition) is 0. The van der Waals surface area contributed by atoms with Crippen LogP contribution in [0.4, 0.5) is 0 Å². The van der Waals surface area contributed by atoms with Gasteiger partial charge in [-0.1, -0.05) is 53.2 Å². The molecule has 0 amide bonds. The molecule has 0 radical (unpaired) electrons. The van der Waals surface area contributed by atoms with Crippen molar-refractivity contribution in [3.8, 4) is 0 Å². The lowest BCUT2D eigenvalue weighted by atomic mass is 9.87. The molecule has 0 fully saturated rings. The Morgan fingerprint density at radius 3 is 2.55 bits per heavy atom. The first-order valence-electron chi connectivity index (χ1n) is 7.91. The van der Waals surface area contributed by atoms with Gasteiger partial charge in [0.1, 0.15) is 5.82 Å². The van der Waals surface area contributed by atoms with E-state index in [1.54, 1.807) is 0 Å². The molecule has 1 heterocycles. The van der Waals surface area contributed by atoms with Gasteiger partial charge >= 0.3 is 0 Å². The summed E-state index contributed by atoms with van der Waals surface area (Å²) in [5.74, 6) is 1.97. The number of nitrogens with zero attached hydrogens (tertiary/aromatic N) is 2. The Morgan fingerprint density at radius 1 is 1.20 bits per heavy atom. The van der Waals surface area contributed by atoms with Crippen molar-refractivity contribution in [2.24, 2.45) is 5.92 Å². The summed E-state index contributed by atoms with van der Waals surface area (Å²) >= 11 is 0. The highest BCUT2D eigenvalue weighted by Gasteiger charge is 2.26. The van der Waals surface area contributed by atoms with Gasteiger partial charge < -0.3 is 4.57 Å². The summed E-state index contributed by atoms with van der Waals surface area (Å²) in [6.07, 6.45) is 3.58. The lowest BCUT2D eigenvalue weighted by Crippen LogP contribution is -2.23. The molecule has 2 heteroatoms. The largest absolute Gasteiger partial charge is 0.328 e. The third kappa shape index (κ3) is 3.05. The summed E-state index contributed by atoms with van der Waals surface area (Å²) in [6.45, 7) is 12.5. The Balaban J connectivity index is 2.49. The fraction of sp³-hybridized carbons (Fsp3) is 0.611. The molecule has 0 aliphatic carbocycles. The highest BCUT2D eigenvalue weighted by Crippen LogP contribution is 2.31. The van der Waals surface area contributed by atoms with E-state index < -0.39 is 0 Å². The fourth-order valence-corrected chi connectivity index (χ4v) is 2.94. The minimum atomic E-state index is 0.144. The van der Waals surface area contributed by atoms with E-state index in [0.29, 0.717) is 0 Å². The highest BCUT2D eigenvalue weighted by molar-refractivity contribution is 5.76. The van der Waals surface area contributed by atoms with Crippen LogP contribution in [0, 0.1) is 5.92 Å². The van der Waals surface area contributed by atoms with Gasteiger partial charge in [0.2, 0.25) is 0 Å². The van der Waals surface area contributed by atoms with Crippen molar-refractivity contribution in [3.05, 3.63) is 30.1 Å². The summed E-state index contributed by atoms with van der Waals surface area (Å²) in [6, 6.07) is 8.53. The molecule has 2 nitrogen and oxygen atoms in total. The maximum absolute atomic E-state index is 4.94. The number of para-hydroxylation sites is 2. The number of aromatic nitrogens is 2. The highest BCUT2D eigenvalue weighted by atomic mass is 15.1. The predicted molar refractivity (Wildman–Crippen MR) is 87.1 cm³/mol. The summed E-state index contributed by atoms with van der Waals surface area (Å²) in [5, 5.41) is 0. The van der Waals surface area contributed by atoms with Gasteiger partial charge in [-0.25, -0.2) is 4.98 Å². The van der Waals surface area contributed by atoms with E-state index in [1.165, 1.54) is 30.6 Å². The van der Waals surface area contributed by atoms with Gasteiger partial charge in [0, 0.05) is 12.0 Å². The number of fused-ring (bicyclic) bond motifs is 1. The van der Waals surface area contributed by atoms with Crippen LogP contribution < -0.4 is 0 Å². The topological polar surface area (TPSA) is 17.8 Å². The zero-order chi connectivity index (χ0) is 14.8. The zero-order valence-corrected chi connectivity index (χ0v) is 13.6. The molecular formula is C18H28N2. The SMILES string of the molecule is CCCC(C)(C)c1nc2ccccc2n1CCC(C)C. The molecule has 2 aromatic rings. The number of hydrogen-bond acceptors (Lipinski definition) is 1. The monoisotopic (exact) mass is 272 g/mol. The maximum Gasteiger partial charge on any atom is 0.115 e. The molecule has 0 unspecified atom stereocenters. The molecule has 0 N–H and O–H groups in total. The van der Waals surface area contributed by atoms with Crippen LogP contribution in [0.25, 0.3) is 11.0 Å². The first-order valence-corrected chi connectivity index (χ1v) is 7.91. The average molecular weight is 272 g/mol. The van der Waals surface area contributed by atoms with Crippen LogP contribution >= 0.6 is 0 Å². The van der Waals surface area contributed by atoms with Crippen LogP contribution in [0.2, 0.25) is 0 Å². The summed E-state index contributed by atoms with van der Waals surface area (Å²) in [7, 11) is 0. The average Bonchev–Trinajstić information content (AvgIpc) is 2.75. The molecule has 0 bridgehead atoms. The van der Waals surface area contributed by atoms with Crippen LogP contribution in [0.5, 0.6) is 0 Å². The Morgan fingerprint density at radius 2 is 1.90 bits per heavy atom. The number of rotatable bonds is 6. The van der Waals surface area contributed by atoms with Gasteiger partial charge in [-0.15, -0.1) is 0 Å². The van der Waals surface area contributed by atoms with Crippen molar-refractivity contribution in [2.45, 2.75) is 65.8 Å². The van der Waals surface area contributed by atoms with Crippen molar-refractivity contribution < 1.29 is 0 Å². The number of aryl methyl sites for hydroxylation is 1. The summed E-state index contributed by atoms with van der Waals surface area (Å²) in [4.78, 5) is 4.94. The number of benzene rings is 1. The molecule has 0 saturated heterocycles. The van der Waals surface area contributed by atoms with E-state index >= 15 is 0 Å². The van der Waals surface area contributed by atoms with E-state index in [1.807, 2.05) is 0 Å². The second-order valence-electron chi connectivity index (χ2n) is 6.89. The van der Waals surface area contributed by atoms with Crippen LogP contribution in [-0.2, 0) is 12.0 Å². The third-order valence-corrected chi connectivity index (χ3v) is 4.06. The van der Waals surface area contributed by atoms with Crippen LogP contribution in [0.1, 0.15) is 59.7 Å². The van der Waals surface area contributed by atoms with E-state index in [-0.39, 0.29) is 5.41 Å². The Hall–Kier alpha value is -1.31. The third-order valence-electron chi connectivity index (χ3n) is 4.06. The molecule has 0 aliphatic rings. The Bertz CT molecular complexity index is 564. The van der Waals surface area contributed by atoms with Gasteiger partial charge in [-0.3, -0.25) is 0 Å². The van der Waals surface area contributed by atoms with E-state index in [0.717, 1.165) is 18.0 Å². The zero-order valence-electron chi connectivity index (χ0n) is 13.6.